The molecule has 1 saturated carbocycles. The Morgan fingerprint density at radius 1 is 1.33 bits per heavy atom. The number of hydrogen-bond donors (Lipinski definition) is 1. The summed E-state index contributed by atoms with van der Waals surface area (Å²) in [5, 5.41) is 4.57. The highest BCUT2D eigenvalue weighted by Gasteiger charge is 2.31. The first-order valence-corrected chi connectivity index (χ1v) is 9.29. The maximum Gasteiger partial charge on any atom is 0.186 e. The molecule has 1 atom stereocenters. The van der Waals surface area contributed by atoms with Crippen LogP contribution in [0.2, 0.25) is 0 Å². The van der Waals surface area contributed by atoms with Crippen molar-refractivity contribution >= 4 is 16.5 Å². The van der Waals surface area contributed by atoms with E-state index in [1.165, 1.54) is 35.0 Å². The highest BCUT2D eigenvalue weighted by Crippen LogP contribution is 2.38. The van der Waals surface area contributed by atoms with E-state index in [-0.39, 0.29) is 0 Å². The molecule has 0 amide bonds. The molecule has 2 rings (SSSR count). The molecule has 0 spiro atoms. The van der Waals surface area contributed by atoms with Crippen LogP contribution in [0.5, 0.6) is 0 Å². The normalized spacial score (nSPS) is 16.5. The predicted octanol–water partition coefficient (Wildman–Crippen LogP) is 4.39. The van der Waals surface area contributed by atoms with Crippen LogP contribution in [0.4, 0.5) is 5.13 Å². The summed E-state index contributed by atoms with van der Waals surface area (Å²) in [5.74, 6) is 1.32. The van der Waals surface area contributed by atoms with Gasteiger partial charge in [0.2, 0.25) is 0 Å². The van der Waals surface area contributed by atoms with Crippen LogP contribution in [0.1, 0.15) is 69.9 Å². The molecule has 4 heteroatoms. The standard InChI is InChI=1S/C17H31N3S/c1-6-13(4)16-15(11-18-5)21-17(19-16)20(14-7-8-14)10-9-12(2)3/h12-14,18H,6-11H2,1-5H3. The second kappa shape index (κ2) is 7.59. The van der Waals surface area contributed by atoms with Crippen molar-refractivity contribution in [1.29, 1.82) is 0 Å². The minimum absolute atomic E-state index is 0.560. The van der Waals surface area contributed by atoms with Gasteiger partial charge in [-0.25, -0.2) is 4.98 Å². The van der Waals surface area contributed by atoms with Crippen molar-refractivity contribution < 1.29 is 0 Å². The zero-order valence-electron chi connectivity index (χ0n) is 14.3. The smallest absolute Gasteiger partial charge is 0.186 e. The van der Waals surface area contributed by atoms with E-state index in [4.69, 9.17) is 4.98 Å². The Balaban J connectivity index is 2.19. The fourth-order valence-electron chi connectivity index (χ4n) is 2.56. The minimum atomic E-state index is 0.560. The van der Waals surface area contributed by atoms with Gasteiger partial charge in [-0.05, 0) is 44.6 Å². The highest BCUT2D eigenvalue weighted by atomic mass is 32.1. The van der Waals surface area contributed by atoms with E-state index >= 15 is 0 Å². The second-order valence-electron chi connectivity index (χ2n) is 6.75. The van der Waals surface area contributed by atoms with Crippen molar-refractivity contribution in [3.05, 3.63) is 10.6 Å². The first-order chi connectivity index (χ1) is 10.1. The first kappa shape index (κ1) is 16.8. The Bertz CT molecular complexity index is 437. The van der Waals surface area contributed by atoms with E-state index in [9.17, 15) is 0 Å². The number of nitrogens with zero attached hydrogens (tertiary/aromatic N) is 2. The maximum absolute atomic E-state index is 5.04. The summed E-state index contributed by atoms with van der Waals surface area (Å²) in [6, 6.07) is 0.752. The molecule has 1 aromatic heterocycles. The van der Waals surface area contributed by atoms with Crippen molar-refractivity contribution in [3.63, 3.8) is 0 Å². The first-order valence-electron chi connectivity index (χ1n) is 8.47. The van der Waals surface area contributed by atoms with Crippen LogP contribution >= 0.6 is 11.3 Å². The summed E-state index contributed by atoms with van der Waals surface area (Å²) in [7, 11) is 2.03. The minimum Gasteiger partial charge on any atom is -0.345 e. The molecular formula is C17H31N3S. The molecule has 0 aliphatic heterocycles. The summed E-state index contributed by atoms with van der Waals surface area (Å²) >= 11 is 1.91. The lowest BCUT2D eigenvalue weighted by Gasteiger charge is -2.22. The molecule has 1 heterocycles. The molecular weight excluding hydrogens is 278 g/mol. The van der Waals surface area contributed by atoms with Gasteiger partial charge in [0.25, 0.3) is 0 Å². The Hall–Kier alpha value is -0.610. The van der Waals surface area contributed by atoms with Gasteiger partial charge in [-0.3, -0.25) is 0 Å². The van der Waals surface area contributed by atoms with Crippen molar-refractivity contribution in [1.82, 2.24) is 10.3 Å². The lowest BCUT2D eigenvalue weighted by molar-refractivity contribution is 0.569. The monoisotopic (exact) mass is 309 g/mol. The largest absolute Gasteiger partial charge is 0.345 e. The van der Waals surface area contributed by atoms with E-state index in [1.807, 2.05) is 18.4 Å². The van der Waals surface area contributed by atoms with Crippen LogP contribution < -0.4 is 10.2 Å². The van der Waals surface area contributed by atoms with E-state index < -0.39 is 0 Å². The molecule has 1 fully saturated rings. The zero-order valence-corrected chi connectivity index (χ0v) is 15.1. The number of nitrogens with one attached hydrogen (secondary N) is 1. The van der Waals surface area contributed by atoms with Gasteiger partial charge in [-0.2, -0.15) is 0 Å². The van der Waals surface area contributed by atoms with Gasteiger partial charge in [0.05, 0.1) is 5.69 Å². The molecule has 21 heavy (non-hydrogen) atoms. The van der Waals surface area contributed by atoms with Gasteiger partial charge in [-0.1, -0.05) is 27.7 Å². The van der Waals surface area contributed by atoms with Gasteiger partial charge in [0, 0.05) is 24.0 Å². The molecule has 0 bridgehead atoms. The quantitative estimate of drug-likeness (QED) is 0.733. The molecule has 1 aromatic rings. The molecule has 0 radical (unpaired) electrons. The van der Waals surface area contributed by atoms with Crippen LogP contribution in [0.15, 0.2) is 0 Å². The number of thiazole rings is 1. The van der Waals surface area contributed by atoms with Crippen LogP contribution in [0, 0.1) is 5.92 Å². The van der Waals surface area contributed by atoms with Crippen molar-refractivity contribution in [2.45, 2.75) is 71.9 Å². The summed E-state index contributed by atoms with van der Waals surface area (Å²) in [4.78, 5) is 9.05. The molecule has 120 valence electrons. The molecule has 3 nitrogen and oxygen atoms in total. The molecule has 1 unspecified atom stereocenters. The fraction of sp³-hybridized carbons (Fsp3) is 0.824. The lowest BCUT2D eigenvalue weighted by atomic mass is 10.0. The average Bonchev–Trinajstić information content (AvgIpc) is 3.20. The van der Waals surface area contributed by atoms with Crippen LogP contribution in [0.25, 0.3) is 0 Å². The van der Waals surface area contributed by atoms with Crippen molar-refractivity contribution in [3.8, 4) is 0 Å². The van der Waals surface area contributed by atoms with Crippen LogP contribution in [-0.4, -0.2) is 24.6 Å². The number of anilines is 1. The lowest BCUT2D eigenvalue weighted by Crippen LogP contribution is -2.27. The third kappa shape index (κ3) is 4.43. The maximum atomic E-state index is 5.04. The van der Waals surface area contributed by atoms with Gasteiger partial charge < -0.3 is 10.2 Å². The number of rotatable bonds is 9. The molecule has 0 aromatic carbocycles. The Morgan fingerprint density at radius 2 is 2.05 bits per heavy atom. The zero-order chi connectivity index (χ0) is 15.4. The van der Waals surface area contributed by atoms with Gasteiger partial charge in [-0.15, -0.1) is 11.3 Å². The highest BCUT2D eigenvalue weighted by molar-refractivity contribution is 7.15. The summed E-state index contributed by atoms with van der Waals surface area (Å²) in [5.41, 5.74) is 1.32. The number of hydrogen-bond acceptors (Lipinski definition) is 4. The molecule has 0 saturated heterocycles. The van der Waals surface area contributed by atoms with E-state index in [0.717, 1.165) is 31.5 Å². The predicted molar refractivity (Wildman–Crippen MR) is 93.4 cm³/mol. The summed E-state index contributed by atoms with van der Waals surface area (Å²) in [6.45, 7) is 11.3. The molecule has 1 aliphatic carbocycles. The number of aromatic nitrogens is 1. The van der Waals surface area contributed by atoms with Crippen LogP contribution in [0.3, 0.4) is 0 Å². The van der Waals surface area contributed by atoms with Crippen molar-refractivity contribution in [2.75, 3.05) is 18.5 Å². The third-order valence-electron chi connectivity index (χ3n) is 4.31. The van der Waals surface area contributed by atoms with Crippen LogP contribution in [-0.2, 0) is 6.54 Å². The SMILES string of the molecule is CCC(C)c1nc(N(CCC(C)C)C2CC2)sc1CNC. The van der Waals surface area contributed by atoms with E-state index in [0.29, 0.717) is 5.92 Å². The summed E-state index contributed by atoms with van der Waals surface area (Å²) < 4.78 is 0. The topological polar surface area (TPSA) is 28.2 Å². The van der Waals surface area contributed by atoms with E-state index in [2.05, 4.69) is 37.9 Å². The van der Waals surface area contributed by atoms with Crippen molar-refractivity contribution in [2.24, 2.45) is 5.92 Å². The Labute approximate surface area is 134 Å². The third-order valence-corrected chi connectivity index (χ3v) is 5.42. The Kier molecular flexibility index (Phi) is 6.06. The Morgan fingerprint density at radius 3 is 2.57 bits per heavy atom. The fourth-order valence-corrected chi connectivity index (χ4v) is 3.85. The second-order valence-corrected chi connectivity index (χ2v) is 7.81. The van der Waals surface area contributed by atoms with E-state index in [1.54, 1.807) is 0 Å². The average molecular weight is 310 g/mol. The van der Waals surface area contributed by atoms with Gasteiger partial charge in [0.15, 0.2) is 5.13 Å². The molecule has 1 aliphatic rings. The molecule has 1 N–H and O–H groups in total. The summed E-state index contributed by atoms with van der Waals surface area (Å²) in [6.07, 6.45) is 5.11. The van der Waals surface area contributed by atoms with Gasteiger partial charge in [0.1, 0.15) is 0 Å². The van der Waals surface area contributed by atoms with Gasteiger partial charge >= 0.3 is 0 Å².